The van der Waals surface area contributed by atoms with Gasteiger partial charge in [-0.2, -0.15) is 0 Å². The van der Waals surface area contributed by atoms with Crippen molar-refractivity contribution in [2.24, 2.45) is 5.92 Å². The maximum atomic E-state index is 11.6. The molecule has 4 nitrogen and oxygen atoms in total. The molecule has 82 valence electrons. The van der Waals surface area contributed by atoms with Crippen LogP contribution in [0.25, 0.3) is 0 Å². The van der Waals surface area contributed by atoms with Gasteiger partial charge in [-0.3, -0.25) is 9.59 Å². The van der Waals surface area contributed by atoms with Gasteiger partial charge in [-0.05, 0) is 6.42 Å². The van der Waals surface area contributed by atoms with Gasteiger partial charge in [-0.15, -0.1) is 0 Å². The van der Waals surface area contributed by atoms with Crippen LogP contribution in [0.4, 0.5) is 0 Å². The maximum absolute atomic E-state index is 11.6. The summed E-state index contributed by atoms with van der Waals surface area (Å²) in [6, 6.07) is 0. The first-order valence-corrected chi connectivity index (χ1v) is 8.21. The summed E-state index contributed by atoms with van der Waals surface area (Å²) in [7, 11) is -0.367. The smallest absolute Gasteiger partial charge is 0.318 e. The van der Waals surface area contributed by atoms with Gasteiger partial charge in [0, 0.05) is 0 Å². The van der Waals surface area contributed by atoms with E-state index < -0.39 is 20.1 Å². The summed E-state index contributed by atoms with van der Waals surface area (Å²) in [6.45, 7) is 7.82. The summed E-state index contributed by atoms with van der Waals surface area (Å²) in [5, 5.41) is 0. The molecule has 0 spiro atoms. The van der Waals surface area contributed by atoms with E-state index in [9.17, 15) is 9.59 Å². The number of hydrogen-bond acceptors (Lipinski definition) is 3. The van der Waals surface area contributed by atoms with Gasteiger partial charge >= 0.3 is 5.97 Å². The van der Waals surface area contributed by atoms with Crippen molar-refractivity contribution in [2.45, 2.75) is 33.0 Å². The van der Waals surface area contributed by atoms with Crippen LogP contribution in [-0.4, -0.2) is 27.2 Å². The van der Waals surface area contributed by atoms with Crippen LogP contribution >= 0.6 is 0 Å². The molecule has 0 saturated heterocycles. The van der Waals surface area contributed by atoms with Crippen molar-refractivity contribution in [2.75, 3.05) is 7.11 Å². The molecular formula is C9H19NO3Si. The summed E-state index contributed by atoms with van der Waals surface area (Å²) in [5.41, 5.74) is 0. The quantitative estimate of drug-likeness (QED) is 0.436. The summed E-state index contributed by atoms with van der Waals surface area (Å²) in [4.78, 5) is 25.7. The highest BCUT2D eigenvalue weighted by molar-refractivity contribution is 6.75. The lowest BCUT2D eigenvalue weighted by molar-refractivity contribution is -0.149. The van der Waals surface area contributed by atoms with Crippen LogP contribution in [0.5, 0.6) is 0 Å². The normalized spacial score (nSPS) is 13.2. The Labute approximate surface area is 86.1 Å². The molecule has 1 unspecified atom stereocenters. The number of rotatable bonds is 4. The summed E-state index contributed by atoms with van der Waals surface area (Å²) in [5.74, 6) is -1.33. The van der Waals surface area contributed by atoms with E-state index in [0.717, 1.165) is 0 Å². The monoisotopic (exact) mass is 217 g/mol. The van der Waals surface area contributed by atoms with E-state index in [-0.39, 0.29) is 5.91 Å². The third-order valence-corrected chi connectivity index (χ3v) is 2.71. The lowest BCUT2D eigenvalue weighted by Crippen LogP contribution is -2.49. The molecule has 0 aromatic heterocycles. The van der Waals surface area contributed by atoms with Crippen LogP contribution in [-0.2, 0) is 14.3 Å². The zero-order valence-electron chi connectivity index (χ0n) is 9.51. The Morgan fingerprint density at radius 2 is 1.86 bits per heavy atom. The number of carbonyl (C=O) groups excluding carboxylic acids is 2. The lowest BCUT2D eigenvalue weighted by atomic mass is 10.1. The van der Waals surface area contributed by atoms with Crippen LogP contribution in [0, 0.1) is 5.92 Å². The fourth-order valence-corrected chi connectivity index (χ4v) is 1.97. The molecule has 0 heterocycles. The Morgan fingerprint density at radius 3 is 2.14 bits per heavy atom. The van der Waals surface area contributed by atoms with E-state index in [1.807, 2.05) is 19.6 Å². The number of hydrogen-bond donors (Lipinski definition) is 1. The topological polar surface area (TPSA) is 55.4 Å². The Balaban J connectivity index is 4.40. The molecule has 0 radical (unpaired) electrons. The minimum atomic E-state index is -1.67. The fourth-order valence-electron chi connectivity index (χ4n) is 1.06. The van der Waals surface area contributed by atoms with Crippen LogP contribution < -0.4 is 4.98 Å². The Morgan fingerprint density at radius 1 is 1.36 bits per heavy atom. The number of carbonyl (C=O) groups is 2. The third kappa shape index (κ3) is 4.41. The van der Waals surface area contributed by atoms with Gasteiger partial charge in [0.2, 0.25) is 5.91 Å². The van der Waals surface area contributed by atoms with Crippen molar-refractivity contribution in [3.63, 3.8) is 0 Å². The fraction of sp³-hybridized carbons (Fsp3) is 0.778. The van der Waals surface area contributed by atoms with Crippen molar-refractivity contribution >= 4 is 20.1 Å². The van der Waals surface area contributed by atoms with Crippen molar-refractivity contribution in [3.8, 4) is 0 Å². The number of esters is 1. The minimum absolute atomic E-state index is 0.210. The predicted octanol–water partition coefficient (Wildman–Crippen LogP) is 1.14. The van der Waals surface area contributed by atoms with Gasteiger partial charge in [0.1, 0.15) is 14.2 Å². The molecule has 1 atom stereocenters. The Kier molecular flexibility index (Phi) is 4.83. The number of methoxy groups -OCH3 is 1. The Bertz CT molecular complexity index is 223. The summed E-state index contributed by atoms with van der Waals surface area (Å²) in [6.07, 6.45) is 0.475. The van der Waals surface area contributed by atoms with Crippen molar-refractivity contribution < 1.29 is 14.3 Å². The number of amides is 1. The molecule has 0 aliphatic carbocycles. The van der Waals surface area contributed by atoms with E-state index in [4.69, 9.17) is 0 Å². The second-order valence-corrected chi connectivity index (χ2v) is 8.97. The minimum Gasteiger partial charge on any atom is -0.468 e. The van der Waals surface area contributed by atoms with Crippen LogP contribution in [0.1, 0.15) is 13.3 Å². The highest BCUT2D eigenvalue weighted by atomic mass is 28.3. The van der Waals surface area contributed by atoms with Gasteiger partial charge in [-0.25, -0.2) is 0 Å². The van der Waals surface area contributed by atoms with Crippen molar-refractivity contribution in [1.29, 1.82) is 0 Å². The van der Waals surface area contributed by atoms with Crippen LogP contribution in [0.2, 0.25) is 19.6 Å². The predicted molar refractivity (Wildman–Crippen MR) is 57.3 cm³/mol. The highest BCUT2D eigenvalue weighted by Crippen LogP contribution is 2.07. The van der Waals surface area contributed by atoms with Crippen LogP contribution in [0.3, 0.4) is 0 Å². The van der Waals surface area contributed by atoms with E-state index in [2.05, 4.69) is 9.72 Å². The molecule has 1 amide bonds. The van der Waals surface area contributed by atoms with Gasteiger partial charge in [0.05, 0.1) is 7.11 Å². The molecule has 5 heteroatoms. The standard InChI is InChI=1S/C9H19NO3Si/c1-6-7(9(12)13-2)8(11)10-14(3,4)5/h7H,6H2,1-5H3,(H,10,11). The van der Waals surface area contributed by atoms with Gasteiger partial charge in [-0.1, -0.05) is 26.6 Å². The molecular weight excluding hydrogens is 198 g/mol. The molecule has 0 bridgehead atoms. The first-order valence-electron chi connectivity index (χ1n) is 4.71. The molecule has 0 aliphatic rings. The molecule has 0 rings (SSSR count). The summed E-state index contributed by atoms with van der Waals surface area (Å²) >= 11 is 0. The molecule has 0 aromatic carbocycles. The number of nitrogens with one attached hydrogen (secondary N) is 1. The molecule has 0 fully saturated rings. The molecule has 1 N–H and O–H groups in total. The second kappa shape index (κ2) is 5.14. The molecule has 0 aromatic rings. The largest absolute Gasteiger partial charge is 0.468 e. The van der Waals surface area contributed by atoms with E-state index in [1.165, 1.54) is 7.11 Å². The zero-order chi connectivity index (χ0) is 11.4. The van der Waals surface area contributed by atoms with Gasteiger partial charge in [0.15, 0.2) is 0 Å². The van der Waals surface area contributed by atoms with E-state index >= 15 is 0 Å². The third-order valence-electron chi connectivity index (χ3n) is 1.71. The van der Waals surface area contributed by atoms with Gasteiger partial charge in [0.25, 0.3) is 0 Å². The van der Waals surface area contributed by atoms with Gasteiger partial charge < -0.3 is 9.72 Å². The molecule has 0 saturated carbocycles. The maximum Gasteiger partial charge on any atom is 0.318 e. The van der Waals surface area contributed by atoms with Crippen molar-refractivity contribution in [3.05, 3.63) is 0 Å². The highest BCUT2D eigenvalue weighted by Gasteiger charge is 2.28. The molecule has 0 aliphatic heterocycles. The average molecular weight is 217 g/mol. The first-order chi connectivity index (χ1) is 6.31. The zero-order valence-corrected chi connectivity index (χ0v) is 10.5. The second-order valence-electron chi connectivity index (χ2n) is 4.22. The summed E-state index contributed by atoms with van der Waals surface area (Å²) < 4.78 is 4.55. The van der Waals surface area contributed by atoms with Crippen LogP contribution in [0.15, 0.2) is 0 Å². The van der Waals surface area contributed by atoms with E-state index in [1.54, 1.807) is 6.92 Å². The first kappa shape index (κ1) is 13.2. The molecule has 14 heavy (non-hydrogen) atoms. The lowest BCUT2D eigenvalue weighted by Gasteiger charge is -2.21. The number of ether oxygens (including phenoxy) is 1. The average Bonchev–Trinajstić information content (AvgIpc) is 2.01. The van der Waals surface area contributed by atoms with E-state index in [0.29, 0.717) is 6.42 Å². The van der Waals surface area contributed by atoms with Crippen molar-refractivity contribution in [1.82, 2.24) is 4.98 Å². The SMILES string of the molecule is CCC(C(=O)N[Si](C)(C)C)C(=O)OC. The Hall–Kier alpha value is -0.843.